The quantitative estimate of drug-likeness (QED) is 0.738. The maximum Gasteiger partial charge on any atom is 0.321 e. The molecule has 0 radical (unpaired) electrons. The number of benzene rings is 1. The van der Waals surface area contributed by atoms with Crippen molar-refractivity contribution in [2.45, 2.75) is 12.5 Å². The summed E-state index contributed by atoms with van der Waals surface area (Å²) in [5.41, 5.74) is 6.69. The number of aliphatic carboxylic acids is 1. The first-order valence-corrected chi connectivity index (χ1v) is 5.30. The largest absolute Gasteiger partial charge is 0.480 e. The molecule has 0 saturated heterocycles. The Kier molecular flexibility index (Phi) is 4.95. The van der Waals surface area contributed by atoms with Gasteiger partial charge in [0.05, 0.1) is 0 Å². The number of likely N-dealkylation sites (N-methyl/N-ethyl adjacent to an activating group) is 1. The summed E-state index contributed by atoms with van der Waals surface area (Å²) in [5, 5.41) is 8.66. The first-order valence-electron chi connectivity index (χ1n) is 5.30. The molecule has 1 aromatic carbocycles. The highest BCUT2D eigenvalue weighted by molar-refractivity contribution is 5.73. The Labute approximate surface area is 95.7 Å². The Morgan fingerprint density at radius 3 is 2.62 bits per heavy atom. The van der Waals surface area contributed by atoms with Crippen molar-refractivity contribution in [2.75, 3.05) is 20.1 Å². The van der Waals surface area contributed by atoms with Gasteiger partial charge in [0.15, 0.2) is 0 Å². The van der Waals surface area contributed by atoms with Gasteiger partial charge in [-0.1, -0.05) is 30.3 Å². The molecular formula is C12H18N2O2. The average Bonchev–Trinajstić information content (AvgIpc) is 2.27. The number of hydrogen-bond acceptors (Lipinski definition) is 3. The maximum absolute atomic E-state index is 10.6. The smallest absolute Gasteiger partial charge is 0.321 e. The molecule has 1 atom stereocenters. The molecule has 0 fully saturated rings. The second kappa shape index (κ2) is 6.25. The first kappa shape index (κ1) is 12.7. The zero-order valence-electron chi connectivity index (χ0n) is 9.47. The minimum absolute atomic E-state index is 0.377. The molecule has 0 aliphatic carbocycles. The highest BCUT2D eigenvalue weighted by atomic mass is 16.4. The molecule has 4 nitrogen and oxygen atoms in total. The molecule has 1 rings (SSSR count). The van der Waals surface area contributed by atoms with Crippen LogP contribution in [0.5, 0.6) is 0 Å². The number of hydrogen-bond donors (Lipinski definition) is 2. The van der Waals surface area contributed by atoms with Crippen LogP contribution < -0.4 is 5.73 Å². The van der Waals surface area contributed by atoms with Crippen LogP contribution in [-0.2, 0) is 11.2 Å². The fraction of sp³-hybridized carbons (Fsp3) is 0.417. The second-order valence-electron chi connectivity index (χ2n) is 3.94. The molecule has 0 aliphatic rings. The molecule has 16 heavy (non-hydrogen) atoms. The Hall–Kier alpha value is -1.39. The Morgan fingerprint density at radius 2 is 2.06 bits per heavy atom. The first-order chi connectivity index (χ1) is 7.59. The molecule has 4 heteroatoms. The zero-order valence-corrected chi connectivity index (χ0v) is 9.47. The van der Waals surface area contributed by atoms with Crippen LogP contribution in [0.15, 0.2) is 30.3 Å². The van der Waals surface area contributed by atoms with E-state index in [2.05, 4.69) is 12.1 Å². The molecule has 0 bridgehead atoms. The predicted octanol–water partition coefficient (Wildman–Crippen LogP) is 0.573. The third-order valence-electron chi connectivity index (χ3n) is 2.45. The lowest BCUT2D eigenvalue weighted by molar-refractivity contribution is -0.138. The third kappa shape index (κ3) is 4.42. The lowest BCUT2D eigenvalue weighted by atomic mass is 10.1. The van der Waals surface area contributed by atoms with E-state index >= 15 is 0 Å². The van der Waals surface area contributed by atoms with Crippen molar-refractivity contribution in [1.82, 2.24) is 4.90 Å². The summed E-state index contributed by atoms with van der Waals surface area (Å²) in [5.74, 6) is -0.952. The third-order valence-corrected chi connectivity index (χ3v) is 2.45. The van der Waals surface area contributed by atoms with Gasteiger partial charge in [-0.15, -0.1) is 0 Å². The summed E-state index contributed by atoms with van der Waals surface area (Å²) in [6.45, 7) is 1.19. The van der Waals surface area contributed by atoms with Gasteiger partial charge in [0, 0.05) is 13.1 Å². The minimum atomic E-state index is -0.952. The predicted molar refractivity (Wildman–Crippen MR) is 63.3 cm³/mol. The van der Waals surface area contributed by atoms with Gasteiger partial charge in [-0.2, -0.15) is 0 Å². The summed E-state index contributed by atoms with van der Waals surface area (Å²) in [7, 11) is 1.88. The molecule has 0 amide bonds. The van der Waals surface area contributed by atoms with Crippen LogP contribution in [0, 0.1) is 0 Å². The number of carboxylic acids is 1. The fourth-order valence-corrected chi connectivity index (χ4v) is 1.47. The molecule has 0 saturated carbocycles. The molecule has 3 N–H and O–H groups in total. The van der Waals surface area contributed by atoms with Crippen LogP contribution in [0.2, 0.25) is 0 Å². The van der Waals surface area contributed by atoms with Gasteiger partial charge in [-0.05, 0) is 19.0 Å². The molecular weight excluding hydrogens is 204 g/mol. The Morgan fingerprint density at radius 1 is 1.44 bits per heavy atom. The van der Waals surface area contributed by atoms with Crippen molar-refractivity contribution in [3.63, 3.8) is 0 Å². The summed E-state index contributed by atoms with van der Waals surface area (Å²) in [6.07, 6.45) is 0.906. The number of rotatable bonds is 6. The van der Waals surface area contributed by atoms with Crippen LogP contribution >= 0.6 is 0 Å². The standard InChI is InChI=1S/C12H18N2O2/c1-14(9-11(13)12(15)16)8-7-10-5-3-2-4-6-10/h2-6,11H,7-9,13H2,1H3,(H,15,16). The van der Waals surface area contributed by atoms with Crippen LogP contribution in [0.25, 0.3) is 0 Å². The number of nitrogens with two attached hydrogens (primary N) is 1. The number of nitrogens with zero attached hydrogens (tertiary/aromatic N) is 1. The molecule has 0 spiro atoms. The van der Waals surface area contributed by atoms with Crippen molar-refractivity contribution < 1.29 is 9.90 Å². The van der Waals surface area contributed by atoms with Crippen molar-refractivity contribution in [3.05, 3.63) is 35.9 Å². The minimum Gasteiger partial charge on any atom is -0.480 e. The van der Waals surface area contributed by atoms with Gasteiger partial charge < -0.3 is 15.7 Å². The highest BCUT2D eigenvalue weighted by Gasteiger charge is 2.13. The van der Waals surface area contributed by atoms with E-state index in [0.717, 1.165) is 13.0 Å². The van der Waals surface area contributed by atoms with Crippen LogP contribution in [0.4, 0.5) is 0 Å². The van der Waals surface area contributed by atoms with E-state index in [1.54, 1.807) is 0 Å². The van der Waals surface area contributed by atoms with E-state index in [-0.39, 0.29) is 0 Å². The van der Waals surface area contributed by atoms with E-state index in [9.17, 15) is 4.79 Å². The normalized spacial score (nSPS) is 12.7. The van der Waals surface area contributed by atoms with Crippen molar-refractivity contribution in [1.29, 1.82) is 0 Å². The number of carboxylic acid groups (broad SMARTS) is 1. The Bertz CT molecular complexity index is 327. The van der Waals surface area contributed by atoms with Gasteiger partial charge in [0.25, 0.3) is 0 Å². The molecule has 0 aliphatic heterocycles. The van der Waals surface area contributed by atoms with Gasteiger partial charge in [0.2, 0.25) is 0 Å². The van der Waals surface area contributed by atoms with Crippen LogP contribution in [0.3, 0.4) is 0 Å². The van der Waals surface area contributed by atoms with Gasteiger partial charge in [-0.3, -0.25) is 4.79 Å². The Balaban J connectivity index is 2.30. The van der Waals surface area contributed by atoms with Crippen molar-refractivity contribution in [2.24, 2.45) is 5.73 Å². The summed E-state index contributed by atoms with van der Waals surface area (Å²) in [4.78, 5) is 12.5. The molecule has 1 unspecified atom stereocenters. The van der Waals surface area contributed by atoms with Crippen molar-refractivity contribution in [3.8, 4) is 0 Å². The van der Waals surface area contributed by atoms with Gasteiger partial charge in [-0.25, -0.2) is 0 Å². The lowest BCUT2D eigenvalue weighted by Gasteiger charge is -2.18. The monoisotopic (exact) mass is 222 g/mol. The van der Waals surface area contributed by atoms with Crippen molar-refractivity contribution >= 4 is 5.97 Å². The molecule has 0 heterocycles. The zero-order chi connectivity index (χ0) is 12.0. The highest BCUT2D eigenvalue weighted by Crippen LogP contribution is 2.00. The van der Waals surface area contributed by atoms with E-state index in [0.29, 0.717) is 6.54 Å². The van der Waals surface area contributed by atoms with Crippen LogP contribution in [-0.4, -0.2) is 42.2 Å². The molecule has 1 aromatic rings. The van der Waals surface area contributed by atoms with Gasteiger partial charge in [0.1, 0.15) is 6.04 Å². The average molecular weight is 222 g/mol. The van der Waals surface area contributed by atoms with E-state index < -0.39 is 12.0 Å². The number of carbonyl (C=O) groups is 1. The topological polar surface area (TPSA) is 66.6 Å². The molecule has 88 valence electrons. The van der Waals surface area contributed by atoms with E-state index in [1.165, 1.54) is 5.56 Å². The second-order valence-corrected chi connectivity index (χ2v) is 3.94. The summed E-state index contributed by atoms with van der Waals surface area (Å²) >= 11 is 0. The molecule has 0 aromatic heterocycles. The fourth-order valence-electron chi connectivity index (χ4n) is 1.47. The summed E-state index contributed by atoms with van der Waals surface area (Å²) < 4.78 is 0. The van der Waals surface area contributed by atoms with E-state index in [4.69, 9.17) is 10.8 Å². The van der Waals surface area contributed by atoms with Crippen LogP contribution in [0.1, 0.15) is 5.56 Å². The van der Waals surface area contributed by atoms with Gasteiger partial charge >= 0.3 is 5.97 Å². The van der Waals surface area contributed by atoms with E-state index in [1.807, 2.05) is 30.1 Å². The lowest BCUT2D eigenvalue weighted by Crippen LogP contribution is -2.41. The summed E-state index contributed by atoms with van der Waals surface area (Å²) in [6, 6.07) is 9.29. The SMILES string of the molecule is CN(CCc1ccccc1)CC(N)C(=O)O. The maximum atomic E-state index is 10.6.